The second-order valence-corrected chi connectivity index (χ2v) is 14.7. The highest BCUT2D eigenvalue weighted by atomic mass is 79.9. The fraction of sp³-hybridized carbons (Fsp3) is 0.613. The highest BCUT2D eigenvalue weighted by Gasteiger charge is 2.58. The van der Waals surface area contributed by atoms with Crippen LogP contribution in [-0.4, -0.2) is 0 Å². The predicted octanol–water partition coefficient (Wildman–Crippen LogP) is 9.23. The molecule has 0 bridgehead atoms. The second kappa shape index (κ2) is 6.53. The molecule has 1 heteroatoms. The number of halogens is 1. The van der Waals surface area contributed by atoms with Crippen LogP contribution in [0.3, 0.4) is 0 Å². The van der Waals surface area contributed by atoms with Gasteiger partial charge in [0, 0.05) is 4.47 Å². The fourth-order valence-electron chi connectivity index (χ4n) is 6.68. The van der Waals surface area contributed by atoms with Crippen LogP contribution in [0.25, 0.3) is 0 Å². The minimum atomic E-state index is 0.134. The van der Waals surface area contributed by atoms with Gasteiger partial charge in [0.15, 0.2) is 0 Å². The van der Waals surface area contributed by atoms with Gasteiger partial charge in [-0.1, -0.05) is 123 Å². The maximum atomic E-state index is 3.96. The van der Waals surface area contributed by atoms with Crippen LogP contribution in [0.2, 0.25) is 0 Å². The summed E-state index contributed by atoms with van der Waals surface area (Å²) in [6, 6.07) is 12.2. The molecule has 0 aliphatic heterocycles. The zero-order chi connectivity index (χ0) is 24.3. The average Bonchev–Trinajstić information content (AvgIpc) is 2.83. The van der Waals surface area contributed by atoms with E-state index in [4.69, 9.17) is 0 Å². The van der Waals surface area contributed by atoms with Gasteiger partial charge in [-0.05, 0) is 78.4 Å². The summed E-state index contributed by atoms with van der Waals surface area (Å²) in [5, 5.41) is 0. The van der Waals surface area contributed by atoms with E-state index in [0.717, 1.165) is 6.42 Å². The SMILES string of the molecule is CC1(C)c2ccc(Cc3cc4c(cc3Br)C(C)(C)C(C)(C)C4(C)C)cc2C(C)(C)C1(C)C. The zero-order valence-electron chi connectivity index (χ0n) is 22.5. The topological polar surface area (TPSA) is 0 Å². The lowest BCUT2D eigenvalue weighted by Crippen LogP contribution is -2.42. The van der Waals surface area contributed by atoms with E-state index in [-0.39, 0.29) is 32.5 Å². The fourth-order valence-corrected chi connectivity index (χ4v) is 7.16. The number of benzene rings is 2. The minimum Gasteiger partial charge on any atom is -0.0584 e. The van der Waals surface area contributed by atoms with Crippen LogP contribution >= 0.6 is 15.9 Å². The molecule has 2 aromatic carbocycles. The van der Waals surface area contributed by atoms with Crippen molar-refractivity contribution in [3.05, 3.63) is 68.2 Å². The van der Waals surface area contributed by atoms with E-state index in [1.165, 1.54) is 37.9 Å². The molecule has 0 saturated carbocycles. The van der Waals surface area contributed by atoms with Crippen molar-refractivity contribution in [3.63, 3.8) is 0 Å². The highest BCUT2D eigenvalue weighted by molar-refractivity contribution is 9.10. The third-order valence-corrected chi connectivity index (χ3v) is 12.3. The van der Waals surface area contributed by atoms with Crippen molar-refractivity contribution in [2.24, 2.45) is 10.8 Å². The molecule has 0 saturated heterocycles. The van der Waals surface area contributed by atoms with Crippen molar-refractivity contribution in [1.29, 1.82) is 0 Å². The van der Waals surface area contributed by atoms with Crippen LogP contribution in [0.15, 0.2) is 34.8 Å². The molecule has 0 atom stereocenters. The number of fused-ring (bicyclic) bond motifs is 2. The lowest BCUT2D eigenvalue weighted by Gasteiger charge is -2.44. The summed E-state index contributed by atoms with van der Waals surface area (Å²) in [5.41, 5.74) is 9.88. The molecular formula is C31H43Br. The highest BCUT2D eigenvalue weighted by Crippen LogP contribution is 2.63. The molecule has 0 heterocycles. The van der Waals surface area contributed by atoms with Gasteiger partial charge < -0.3 is 0 Å². The molecular weight excluding hydrogens is 452 g/mol. The summed E-state index contributed by atoms with van der Waals surface area (Å²) < 4.78 is 1.25. The molecule has 0 spiro atoms. The van der Waals surface area contributed by atoms with Crippen molar-refractivity contribution >= 4 is 15.9 Å². The summed E-state index contributed by atoms with van der Waals surface area (Å²) >= 11 is 3.96. The number of hydrogen-bond donors (Lipinski definition) is 0. The molecule has 2 aliphatic rings. The summed E-state index contributed by atoms with van der Waals surface area (Å²) in [7, 11) is 0. The molecule has 0 N–H and O–H groups in total. The zero-order valence-corrected chi connectivity index (χ0v) is 24.1. The first-order valence-corrected chi connectivity index (χ1v) is 13.1. The minimum absolute atomic E-state index is 0.134. The monoisotopic (exact) mass is 494 g/mol. The first-order chi connectivity index (χ1) is 14.3. The van der Waals surface area contributed by atoms with Gasteiger partial charge in [0.25, 0.3) is 0 Å². The lowest BCUT2D eigenvalue weighted by atomic mass is 9.59. The van der Waals surface area contributed by atoms with Crippen LogP contribution in [0, 0.1) is 10.8 Å². The van der Waals surface area contributed by atoms with Gasteiger partial charge in [-0.15, -0.1) is 0 Å². The van der Waals surface area contributed by atoms with Crippen molar-refractivity contribution in [2.75, 3.05) is 0 Å². The van der Waals surface area contributed by atoms with E-state index in [1.807, 2.05) is 0 Å². The van der Waals surface area contributed by atoms with E-state index < -0.39 is 0 Å². The van der Waals surface area contributed by atoms with Gasteiger partial charge in [0.2, 0.25) is 0 Å². The molecule has 2 aliphatic carbocycles. The third-order valence-electron chi connectivity index (χ3n) is 11.6. The lowest BCUT2D eigenvalue weighted by molar-refractivity contribution is 0.125. The molecule has 32 heavy (non-hydrogen) atoms. The summed E-state index contributed by atoms with van der Waals surface area (Å²) in [6.45, 7) is 29.2. The van der Waals surface area contributed by atoms with Gasteiger partial charge in [-0.3, -0.25) is 0 Å². The van der Waals surface area contributed by atoms with Gasteiger partial charge in [-0.25, -0.2) is 0 Å². The predicted molar refractivity (Wildman–Crippen MR) is 143 cm³/mol. The maximum Gasteiger partial charge on any atom is 0.0213 e. The van der Waals surface area contributed by atoms with E-state index >= 15 is 0 Å². The van der Waals surface area contributed by atoms with Crippen LogP contribution in [0.1, 0.15) is 116 Å². The Bertz CT molecular complexity index is 1110. The Labute approximate surface area is 205 Å². The Balaban J connectivity index is 1.80. The Morgan fingerprint density at radius 1 is 0.531 bits per heavy atom. The van der Waals surface area contributed by atoms with Crippen LogP contribution in [0.4, 0.5) is 0 Å². The maximum absolute atomic E-state index is 3.96. The molecule has 4 rings (SSSR count). The number of hydrogen-bond acceptors (Lipinski definition) is 0. The Morgan fingerprint density at radius 2 is 0.938 bits per heavy atom. The summed E-state index contributed by atoms with van der Waals surface area (Å²) in [4.78, 5) is 0. The van der Waals surface area contributed by atoms with Crippen molar-refractivity contribution < 1.29 is 0 Å². The first-order valence-electron chi connectivity index (χ1n) is 12.3. The Hall–Kier alpha value is -1.08. The van der Waals surface area contributed by atoms with E-state index in [1.54, 1.807) is 0 Å². The molecule has 0 nitrogen and oxygen atoms in total. The molecule has 174 valence electrons. The summed E-state index contributed by atoms with van der Waals surface area (Å²) in [6.07, 6.45) is 0.967. The van der Waals surface area contributed by atoms with E-state index in [0.29, 0.717) is 0 Å². The van der Waals surface area contributed by atoms with Crippen molar-refractivity contribution in [1.82, 2.24) is 0 Å². The largest absolute Gasteiger partial charge is 0.0584 e. The smallest absolute Gasteiger partial charge is 0.0213 e. The normalized spacial score (nSPS) is 24.8. The van der Waals surface area contributed by atoms with Crippen LogP contribution in [0.5, 0.6) is 0 Å². The second-order valence-electron chi connectivity index (χ2n) is 13.8. The Kier molecular flexibility index (Phi) is 4.91. The van der Waals surface area contributed by atoms with E-state index in [9.17, 15) is 0 Å². The molecule has 0 fully saturated rings. The summed E-state index contributed by atoms with van der Waals surface area (Å²) in [5.74, 6) is 0. The third kappa shape index (κ3) is 2.67. The van der Waals surface area contributed by atoms with Gasteiger partial charge >= 0.3 is 0 Å². The molecule has 0 radical (unpaired) electrons. The van der Waals surface area contributed by atoms with Crippen LogP contribution < -0.4 is 0 Å². The Morgan fingerprint density at radius 3 is 1.44 bits per heavy atom. The van der Waals surface area contributed by atoms with Crippen molar-refractivity contribution in [2.45, 2.75) is 111 Å². The molecule has 2 aromatic rings. The van der Waals surface area contributed by atoms with Crippen molar-refractivity contribution in [3.8, 4) is 0 Å². The first kappa shape index (κ1) is 24.1. The quantitative estimate of drug-likeness (QED) is 0.389. The van der Waals surface area contributed by atoms with Gasteiger partial charge in [0.05, 0.1) is 0 Å². The number of rotatable bonds is 2. The van der Waals surface area contributed by atoms with Gasteiger partial charge in [0.1, 0.15) is 0 Å². The standard InChI is InChI=1S/C31H43Br/c1-26(2)21-14-13-19(16-22(21)27(3,4)30(26,9)10)15-20-17-23-24(18-25(20)32)29(7,8)31(11,12)28(23,5)6/h13-14,16-18H,15H2,1-12H3. The molecule has 0 amide bonds. The van der Waals surface area contributed by atoms with Crippen LogP contribution in [-0.2, 0) is 28.1 Å². The molecule has 0 unspecified atom stereocenters. The average molecular weight is 496 g/mol. The van der Waals surface area contributed by atoms with E-state index in [2.05, 4.69) is 129 Å². The van der Waals surface area contributed by atoms with Gasteiger partial charge in [-0.2, -0.15) is 0 Å². The molecule has 0 aromatic heterocycles.